The van der Waals surface area contributed by atoms with Gasteiger partial charge in [-0.1, -0.05) is 48.5 Å². The van der Waals surface area contributed by atoms with Gasteiger partial charge in [0.2, 0.25) is 5.78 Å². The zero-order chi connectivity index (χ0) is 20.3. The van der Waals surface area contributed by atoms with Crippen LogP contribution in [0.4, 0.5) is 0 Å². The third-order valence-electron chi connectivity index (χ3n) is 5.00. The number of H-pyrrole nitrogens is 1. The molecule has 0 saturated carbocycles. The highest BCUT2D eigenvalue weighted by atomic mass is 32.2. The number of allylic oxidation sites excluding steroid dienone is 1. The maximum atomic E-state index is 13.2. The molecule has 1 aliphatic rings. The first kappa shape index (κ1) is 18.5. The van der Waals surface area contributed by atoms with Crippen LogP contribution in [-0.4, -0.2) is 15.8 Å². The van der Waals surface area contributed by atoms with E-state index in [1.807, 2.05) is 72.3 Å². The SMILES string of the molecule is O=C(C1=CSC(c2cccnc2)N1)c1c[nH]c2c(OCc3ccccc3)cccc12. The molecule has 3 heterocycles. The van der Waals surface area contributed by atoms with Gasteiger partial charge < -0.3 is 15.0 Å². The highest BCUT2D eigenvalue weighted by Gasteiger charge is 2.25. The molecule has 1 unspecified atom stereocenters. The normalized spacial score (nSPS) is 15.6. The van der Waals surface area contributed by atoms with Crippen LogP contribution in [0.25, 0.3) is 10.9 Å². The van der Waals surface area contributed by atoms with Gasteiger partial charge in [-0.15, -0.1) is 11.8 Å². The molecule has 1 atom stereocenters. The highest BCUT2D eigenvalue weighted by Crippen LogP contribution is 2.36. The molecule has 4 aromatic rings. The summed E-state index contributed by atoms with van der Waals surface area (Å²) in [6, 6.07) is 19.7. The number of carbonyl (C=O) groups is 1. The van der Waals surface area contributed by atoms with Crippen molar-refractivity contribution in [1.82, 2.24) is 15.3 Å². The summed E-state index contributed by atoms with van der Waals surface area (Å²) in [4.78, 5) is 20.6. The fraction of sp³-hybridized carbons (Fsp3) is 0.0833. The molecule has 1 aliphatic heterocycles. The van der Waals surface area contributed by atoms with Gasteiger partial charge in [-0.25, -0.2) is 0 Å². The van der Waals surface area contributed by atoms with Crippen LogP contribution >= 0.6 is 11.8 Å². The lowest BCUT2D eigenvalue weighted by atomic mass is 10.1. The predicted octanol–water partition coefficient (Wildman–Crippen LogP) is 5.20. The minimum absolute atomic E-state index is 0.00683. The monoisotopic (exact) mass is 413 g/mol. The number of ether oxygens (including phenoxy) is 1. The molecule has 30 heavy (non-hydrogen) atoms. The van der Waals surface area contributed by atoms with Crippen molar-refractivity contribution in [2.24, 2.45) is 0 Å². The number of thioether (sulfide) groups is 1. The van der Waals surface area contributed by atoms with E-state index < -0.39 is 0 Å². The number of rotatable bonds is 6. The number of aromatic amines is 1. The Morgan fingerprint density at radius 3 is 2.80 bits per heavy atom. The van der Waals surface area contributed by atoms with Crippen molar-refractivity contribution in [3.8, 4) is 5.75 Å². The molecule has 0 fully saturated rings. The van der Waals surface area contributed by atoms with Gasteiger partial charge in [0.1, 0.15) is 17.7 Å². The maximum absolute atomic E-state index is 13.2. The van der Waals surface area contributed by atoms with Gasteiger partial charge in [-0.3, -0.25) is 9.78 Å². The van der Waals surface area contributed by atoms with E-state index in [-0.39, 0.29) is 11.2 Å². The second-order valence-corrected chi connectivity index (χ2v) is 7.94. The lowest BCUT2D eigenvalue weighted by Gasteiger charge is -2.12. The van der Waals surface area contributed by atoms with Crippen LogP contribution < -0.4 is 10.1 Å². The number of benzene rings is 2. The first-order chi connectivity index (χ1) is 14.8. The molecule has 0 aliphatic carbocycles. The van der Waals surface area contributed by atoms with E-state index in [1.54, 1.807) is 24.2 Å². The van der Waals surface area contributed by atoms with Gasteiger partial charge in [0.05, 0.1) is 11.2 Å². The second kappa shape index (κ2) is 8.08. The zero-order valence-electron chi connectivity index (χ0n) is 16.0. The molecule has 0 saturated heterocycles. The fourth-order valence-electron chi connectivity index (χ4n) is 3.47. The second-order valence-electron chi connectivity index (χ2n) is 6.96. The van der Waals surface area contributed by atoms with Crippen LogP contribution in [0.1, 0.15) is 26.9 Å². The number of para-hydroxylation sites is 1. The number of nitrogens with one attached hydrogen (secondary N) is 2. The summed E-state index contributed by atoms with van der Waals surface area (Å²) < 4.78 is 6.01. The third kappa shape index (κ3) is 3.57. The van der Waals surface area contributed by atoms with Gasteiger partial charge in [0, 0.05) is 40.5 Å². The number of carbonyl (C=O) groups excluding carboxylic acids is 1. The summed E-state index contributed by atoms with van der Waals surface area (Å²) in [7, 11) is 0. The van der Waals surface area contributed by atoms with Gasteiger partial charge in [0.25, 0.3) is 0 Å². The largest absolute Gasteiger partial charge is 0.487 e. The van der Waals surface area contributed by atoms with Crippen molar-refractivity contribution in [1.29, 1.82) is 0 Å². The molecule has 0 spiro atoms. The molecule has 0 radical (unpaired) electrons. The van der Waals surface area contributed by atoms with Gasteiger partial charge in [0.15, 0.2) is 0 Å². The summed E-state index contributed by atoms with van der Waals surface area (Å²) in [5.74, 6) is 0.687. The Hall–Kier alpha value is -3.51. The molecule has 0 amide bonds. The highest BCUT2D eigenvalue weighted by molar-refractivity contribution is 8.02. The lowest BCUT2D eigenvalue weighted by Crippen LogP contribution is -2.19. The molecule has 5 rings (SSSR count). The van der Waals surface area contributed by atoms with Crippen LogP contribution in [0.2, 0.25) is 0 Å². The van der Waals surface area contributed by atoms with Crippen molar-refractivity contribution in [2.75, 3.05) is 0 Å². The summed E-state index contributed by atoms with van der Waals surface area (Å²) in [5.41, 5.74) is 4.17. The predicted molar refractivity (Wildman–Crippen MR) is 119 cm³/mol. The van der Waals surface area contributed by atoms with Crippen LogP contribution in [0.3, 0.4) is 0 Å². The molecule has 6 heteroatoms. The zero-order valence-corrected chi connectivity index (χ0v) is 16.9. The number of hydrogen-bond acceptors (Lipinski definition) is 5. The lowest BCUT2D eigenvalue weighted by molar-refractivity contribution is 0.102. The molecular formula is C24H19N3O2S. The number of nitrogens with zero attached hydrogens (tertiary/aromatic N) is 1. The van der Waals surface area contributed by atoms with Gasteiger partial charge in [-0.2, -0.15) is 0 Å². The van der Waals surface area contributed by atoms with E-state index in [1.165, 1.54) is 0 Å². The summed E-state index contributed by atoms with van der Waals surface area (Å²) in [5, 5.41) is 6.04. The van der Waals surface area contributed by atoms with E-state index in [0.29, 0.717) is 17.9 Å². The van der Waals surface area contributed by atoms with Crippen molar-refractivity contribution < 1.29 is 9.53 Å². The van der Waals surface area contributed by atoms with Crippen LogP contribution in [-0.2, 0) is 6.61 Å². The Balaban J connectivity index is 1.36. The number of hydrogen-bond donors (Lipinski definition) is 2. The Bertz CT molecular complexity index is 1220. The van der Waals surface area contributed by atoms with Crippen LogP contribution in [0.15, 0.2) is 90.4 Å². The Kier molecular flexibility index (Phi) is 4.99. The van der Waals surface area contributed by atoms with Crippen molar-refractivity contribution in [3.05, 3.63) is 107 Å². The number of aromatic nitrogens is 2. The molecule has 2 N–H and O–H groups in total. The first-order valence-electron chi connectivity index (χ1n) is 9.63. The molecular weight excluding hydrogens is 394 g/mol. The molecule has 2 aromatic heterocycles. The minimum atomic E-state index is -0.0413. The quantitative estimate of drug-likeness (QED) is 0.425. The minimum Gasteiger partial charge on any atom is -0.487 e. The summed E-state index contributed by atoms with van der Waals surface area (Å²) >= 11 is 1.57. The molecule has 2 aromatic carbocycles. The summed E-state index contributed by atoms with van der Waals surface area (Å²) in [6.07, 6.45) is 5.31. The van der Waals surface area contributed by atoms with Crippen LogP contribution in [0.5, 0.6) is 5.75 Å². The third-order valence-corrected chi connectivity index (χ3v) is 6.03. The van der Waals surface area contributed by atoms with E-state index in [0.717, 1.165) is 27.8 Å². The first-order valence-corrected chi connectivity index (χ1v) is 10.6. The van der Waals surface area contributed by atoms with E-state index in [4.69, 9.17) is 4.74 Å². The topological polar surface area (TPSA) is 67.0 Å². The maximum Gasteiger partial charge on any atom is 0.211 e. The van der Waals surface area contributed by atoms with E-state index in [9.17, 15) is 4.79 Å². The number of pyridine rings is 1. The number of fused-ring (bicyclic) bond motifs is 1. The van der Waals surface area contributed by atoms with Gasteiger partial charge >= 0.3 is 0 Å². The van der Waals surface area contributed by atoms with E-state index >= 15 is 0 Å². The number of ketones is 1. The summed E-state index contributed by atoms with van der Waals surface area (Å²) in [6.45, 7) is 0.471. The van der Waals surface area contributed by atoms with Crippen molar-refractivity contribution in [2.45, 2.75) is 12.0 Å². The van der Waals surface area contributed by atoms with Crippen molar-refractivity contribution in [3.63, 3.8) is 0 Å². The molecule has 0 bridgehead atoms. The fourth-order valence-corrected chi connectivity index (χ4v) is 4.41. The number of Topliss-reactive ketones (excluding diaryl/α,β-unsaturated/α-hetero) is 1. The Morgan fingerprint density at radius 1 is 1.07 bits per heavy atom. The molecule has 5 nitrogen and oxygen atoms in total. The smallest absolute Gasteiger partial charge is 0.211 e. The van der Waals surface area contributed by atoms with Crippen molar-refractivity contribution >= 4 is 28.4 Å². The standard InChI is InChI=1S/C24H19N3O2S/c28-23(20-15-30-24(27-20)17-8-5-11-25-12-17)19-13-26-22-18(19)9-4-10-21(22)29-14-16-6-2-1-3-7-16/h1-13,15,24,26-27H,14H2. The Morgan fingerprint density at radius 2 is 1.97 bits per heavy atom. The van der Waals surface area contributed by atoms with Crippen LogP contribution in [0, 0.1) is 0 Å². The average molecular weight is 414 g/mol. The van der Waals surface area contributed by atoms with Gasteiger partial charge in [-0.05, 0) is 17.7 Å². The average Bonchev–Trinajstić information content (AvgIpc) is 3.47. The van der Waals surface area contributed by atoms with E-state index in [2.05, 4.69) is 15.3 Å². The Labute approximate surface area is 178 Å². The molecule has 148 valence electrons.